The fraction of sp³-hybridized carbons (Fsp3) is 0.231. The zero-order chi connectivity index (χ0) is 26.2. The third kappa shape index (κ3) is 4.81. The standard InChI is InChI=1S/C26H24F2N2O5S/c1-15(2)24(26(32)35-3)30-14-18-12-17(6-10-21(18)25(30)31)16-4-7-19(8-5-16)29-36(33,34)20-9-11-22(27)23(28)13-20/h4-13,15,24,29H,14H2,1-3H3. The van der Waals surface area contributed by atoms with Crippen molar-refractivity contribution in [1.29, 1.82) is 0 Å². The number of esters is 1. The maximum atomic E-state index is 13.5. The van der Waals surface area contributed by atoms with Crippen LogP contribution in [0.2, 0.25) is 0 Å². The third-order valence-electron chi connectivity index (χ3n) is 6.02. The maximum absolute atomic E-state index is 13.5. The van der Waals surface area contributed by atoms with Crippen molar-refractivity contribution in [2.24, 2.45) is 5.92 Å². The van der Waals surface area contributed by atoms with Gasteiger partial charge in [0.25, 0.3) is 15.9 Å². The molecule has 4 rings (SSSR count). The van der Waals surface area contributed by atoms with Crippen LogP contribution in [-0.2, 0) is 26.1 Å². The van der Waals surface area contributed by atoms with E-state index in [0.29, 0.717) is 11.6 Å². The van der Waals surface area contributed by atoms with Crippen molar-refractivity contribution in [2.75, 3.05) is 11.8 Å². The smallest absolute Gasteiger partial charge is 0.328 e. The SMILES string of the molecule is COC(=O)C(C(C)C)N1Cc2cc(-c3ccc(NS(=O)(=O)c4ccc(F)c(F)c4)cc3)ccc2C1=O. The Kier molecular flexibility index (Phi) is 6.81. The lowest BCUT2D eigenvalue weighted by Gasteiger charge is -2.28. The Morgan fingerprint density at radius 1 is 0.972 bits per heavy atom. The summed E-state index contributed by atoms with van der Waals surface area (Å²) in [7, 11) is -2.82. The second kappa shape index (κ2) is 9.69. The molecule has 1 aliphatic heterocycles. The highest BCUT2D eigenvalue weighted by molar-refractivity contribution is 7.92. The largest absolute Gasteiger partial charge is 0.467 e. The van der Waals surface area contributed by atoms with Gasteiger partial charge < -0.3 is 9.64 Å². The molecule has 1 N–H and O–H groups in total. The highest BCUT2D eigenvalue weighted by Gasteiger charge is 2.38. The second-order valence-corrected chi connectivity index (χ2v) is 10.5. The van der Waals surface area contributed by atoms with Crippen LogP contribution in [0.1, 0.15) is 29.8 Å². The monoisotopic (exact) mass is 514 g/mol. The molecule has 10 heteroatoms. The van der Waals surface area contributed by atoms with Gasteiger partial charge >= 0.3 is 5.97 Å². The van der Waals surface area contributed by atoms with E-state index >= 15 is 0 Å². The summed E-state index contributed by atoms with van der Waals surface area (Å²) in [5.41, 5.74) is 3.11. The van der Waals surface area contributed by atoms with E-state index in [1.54, 1.807) is 36.4 Å². The summed E-state index contributed by atoms with van der Waals surface area (Å²) >= 11 is 0. The molecule has 36 heavy (non-hydrogen) atoms. The maximum Gasteiger partial charge on any atom is 0.328 e. The van der Waals surface area contributed by atoms with Crippen molar-refractivity contribution in [3.63, 3.8) is 0 Å². The Morgan fingerprint density at radius 3 is 2.25 bits per heavy atom. The number of nitrogens with one attached hydrogen (secondary N) is 1. The fourth-order valence-corrected chi connectivity index (χ4v) is 5.29. The Hall–Kier alpha value is -3.79. The first kappa shape index (κ1) is 25.3. The zero-order valence-electron chi connectivity index (χ0n) is 19.8. The molecule has 0 bridgehead atoms. The van der Waals surface area contributed by atoms with Gasteiger partial charge in [-0.25, -0.2) is 22.0 Å². The van der Waals surface area contributed by atoms with Gasteiger partial charge in [-0.2, -0.15) is 0 Å². The van der Waals surface area contributed by atoms with Crippen molar-refractivity contribution in [2.45, 2.75) is 31.3 Å². The highest BCUT2D eigenvalue weighted by atomic mass is 32.2. The second-order valence-electron chi connectivity index (χ2n) is 8.78. The Morgan fingerprint density at radius 2 is 1.64 bits per heavy atom. The Bertz CT molecular complexity index is 1440. The molecule has 0 aromatic heterocycles. The summed E-state index contributed by atoms with van der Waals surface area (Å²) in [6, 6.07) is 13.5. The number of fused-ring (bicyclic) bond motifs is 1. The van der Waals surface area contributed by atoms with Gasteiger partial charge in [-0.1, -0.05) is 32.0 Å². The lowest BCUT2D eigenvalue weighted by atomic mass is 10.0. The average Bonchev–Trinajstić information content (AvgIpc) is 3.15. The molecule has 1 aliphatic rings. The van der Waals surface area contributed by atoms with Gasteiger partial charge in [0.2, 0.25) is 0 Å². The van der Waals surface area contributed by atoms with Crippen LogP contribution in [0, 0.1) is 17.6 Å². The molecule has 1 heterocycles. The number of amides is 1. The number of methoxy groups -OCH3 is 1. The number of sulfonamides is 1. The minimum absolute atomic E-state index is 0.127. The fourth-order valence-electron chi connectivity index (χ4n) is 4.22. The zero-order valence-corrected chi connectivity index (χ0v) is 20.6. The van der Waals surface area contributed by atoms with Crippen LogP contribution in [0.25, 0.3) is 11.1 Å². The van der Waals surface area contributed by atoms with Crippen LogP contribution in [0.4, 0.5) is 14.5 Å². The van der Waals surface area contributed by atoms with E-state index in [0.717, 1.165) is 28.8 Å². The van der Waals surface area contributed by atoms with Gasteiger partial charge in [0, 0.05) is 17.8 Å². The molecule has 0 radical (unpaired) electrons. The molecule has 1 amide bonds. The molecule has 0 fully saturated rings. The highest BCUT2D eigenvalue weighted by Crippen LogP contribution is 2.32. The van der Waals surface area contributed by atoms with Gasteiger partial charge in [-0.05, 0) is 65.1 Å². The molecule has 1 atom stereocenters. The molecule has 0 aliphatic carbocycles. The Labute approximate surface area is 207 Å². The summed E-state index contributed by atoms with van der Waals surface area (Å²) in [6.45, 7) is 3.98. The number of hydrogen-bond donors (Lipinski definition) is 1. The van der Waals surface area contributed by atoms with E-state index < -0.39 is 38.6 Å². The van der Waals surface area contributed by atoms with Crippen LogP contribution in [-0.4, -0.2) is 38.3 Å². The van der Waals surface area contributed by atoms with E-state index in [-0.39, 0.29) is 24.1 Å². The quantitative estimate of drug-likeness (QED) is 0.466. The minimum atomic E-state index is -4.11. The van der Waals surface area contributed by atoms with E-state index in [1.807, 2.05) is 19.9 Å². The molecular formula is C26H24F2N2O5S. The lowest BCUT2D eigenvalue weighted by molar-refractivity contribution is -0.147. The van der Waals surface area contributed by atoms with Crippen LogP contribution in [0.5, 0.6) is 0 Å². The van der Waals surface area contributed by atoms with Crippen molar-refractivity contribution in [3.8, 4) is 11.1 Å². The van der Waals surface area contributed by atoms with Gasteiger partial charge in [-0.15, -0.1) is 0 Å². The first-order chi connectivity index (χ1) is 17.0. The van der Waals surface area contributed by atoms with Crippen molar-refractivity contribution in [3.05, 3.63) is 83.4 Å². The van der Waals surface area contributed by atoms with E-state index in [2.05, 4.69) is 4.72 Å². The van der Waals surface area contributed by atoms with E-state index in [4.69, 9.17) is 4.74 Å². The molecule has 0 saturated heterocycles. The normalized spacial score (nSPS) is 14.1. The van der Waals surface area contributed by atoms with Crippen LogP contribution >= 0.6 is 0 Å². The van der Waals surface area contributed by atoms with E-state index in [1.165, 1.54) is 12.0 Å². The molecule has 0 spiro atoms. The van der Waals surface area contributed by atoms with Gasteiger partial charge in [0.15, 0.2) is 11.6 Å². The van der Waals surface area contributed by atoms with Gasteiger partial charge in [-0.3, -0.25) is 9.52 Å². The number of hydrogen-bond acceptors (Lipinski definition) is 5. The number of ether oxygens (including phenoxy) is 1. The minimum Gasteiger partial charge on any atom is -0.467 e. The molecule has 7 nitrogen and oxygen atoms in total. The summed E-state index contributed by atoms with van der Waals surface area (Å²) in [5, 5.41) is 0. The van der Waals surface area contributed by atoms with Crippen molar-refractivity contribution < 1.29 is 31.5 Å². The first-order valence-electron chi connectivity index (χ1n) is 11.1. The number of anilines is 1. The van der Waals surface area contributed by atoms with E-state index in [9.17, 15) is 26.8 Å². The van der Waals surface area contributed by atoms with Crippen LogP contribution in [0.15, 0.2) is 65.6 Å². The molecule has 3 aromatic carbocycles. The summed E-state index contributed by atoms with van der Waals surface area (Å²) in [5.74, 6) is -3.22. The predicted molar refractivity (Wildman–Crippen MR) is 130 cm³/mol. The number of nitrogens with zero attached hydrogens (tertiary/aromatic N) is 1. The average molecular weight is 515 g/mol. The van der Waals surface area contributed by atoms with Crippen LogP contribution in [0.3, 0.4) is 0 Å². The number of benzene rings is 3. The lowest BCUT2D eigenvalue weighted by Crippen LogP contribution is -2.45. The van der Waals surface area contributed by atoms with Crippen LogP contribution < -0.4 is 4.72 Å². The summed E-state index contributed by atoms with van der Waals surface area (Å²) < 4.78 is 58.9. The molecular weight excluding hydrogens is 490 g/mol. The van der Waals surface area contributed by atoms with Gasteiger partial charge in [0.1, 0.15) is 6.04 Å². The third-order valence-corrected chi connectivity index (χ3v) is 7.40. The molecule has 1 unspecified atom stereocenters. The summed E-state index contributed by atoms with van der Waals surface area (Å²) in [6.07, 6.45) is 0. The van der Waals surface area contributed by atoms with Crippen molar-refractivity contribution in [1.82, 2.24) is 4.90 Å². The number of carbonyl (C=O) groups is 2. The summed E-state index contributed by atoms with van der Waals surface area (Å²) in [4.78, 5) is 26.3. The number of carbonyl (C=O) groups excluding carboxylic acids is 2. The number of halogens is 2. The topological polar surface area (TPSA) is 92.8 Å². The molecule has 3 aromatic rings. The molecule has 0 saturated carbocycles. The first-order valence-corrected chi connectivity index (χ1v) is 12.6. The van der Waals surface area contributed by atoms with Crippen molar-refractivity contribution >= 4 is 27.6 Å². The number of rotatable bonds is 7. The van der Waals surface area contributed by atoms with Gasteiger partial charge in [0.05, 0.1) is 12.0 Å². The molecule has 188 valence electrons. The predicted octanol–water partition coefficient (Wildman–Crippen LogP) is 4.59. The Balaban J connectivity index is 1.54.